The Morgan fingerprint density at radius 1 is 1.03 bits per heavy atom. The fourth-order valence-electron chi connectivity index (χ4n) is 2.98. The average Bonchev–Trinajstić information content (AvgIpc) is 3.21. The predicted molar refractivity (Wildman–Crippen MR) is 119 cm³/mol. The van der Waals surface area contributed by atoms with Crippen molar-refractivity contribution in [3.8, 4) is 28.5 Å². The van der Waals surface area contributed by atoms with Gasteiger partial charge in [0.15, 0.2) is 16.6 Å². The summed E-state index contributed by atoms with van der Waals surface area (Å²) in [5, 5.41) is 5.37. The molecule has 0 unspecified atom stereocenters. The highest BCUT2D eigenvalue weighted by atomic mass is 32.1. The van der Waals surface area contributed by atoms with E-state index in [1.165, 1.54) is 11.3 Å². The number of nitrogens with zero attached hydrogens (tertiary/aromatic N) is 2. The molecule has 8 heteroatoms. The Morgan fingerprint density at radius 3 is 2.43 bits per heavy atom. The van der Waals surface area contributed by atoms with Crippen molar-refractivity contribution in [3.05, 3.63) is 53.4 Å². The van der Waals surface area contributed by atoms with Crippen LogP contribution in [0.1, 0.15) is 5.56 Å². The zero-order valence-electron chi connectivity index (χ0n) is 17.5. The second kappa shape index (κ2) is 10.1. The van der Waals surface area contributed by atoms with E-state index in [9.17, 15) is 4.79 Å². The number of carbonyl (C=O) groups excluding carboxylic acids is 1. The zero-order valence-corrected chi connectivity index (χ0v) is 18.3. The Kier molecular flexibility index (Phi) is 7.26. The van der Waals surface area contributed by atoms with Crippen LogP contribution < -0.4 is 19.5 Å². The highest BCUT2D eigenvalue weighted by molar-refractivity contribution is 7.14. The van der Waals surface area contributed by atoms with Crippen LogP contribution in [0.3, 0.4) is 0 Å². The molecule has 0 spiro atoms. The molecule has 0 aliphatic carbocycles. The molecule has 0 bridgehead atoms. The van der Waals surface area contributed by atoms with Crippen molar-refractivity contribution in [1.82, 2.24) is 9.88 Å². The van der Waals surface area contributed by atoms with Gasteiger partial charge in [-0.25, -0.2) is 4.98 Å². The second-order valence-electron chi connectivity index (χ2n) is 6.68. The highest BCUT2D eigenvalue weighted by Gasteiger charge is 2.12. The van der Waals surface area contributed by atoms with Crippen LogP contribution in [0.2, 0.25) is 0 Å². The van der Waals surface area contributed by atoms with Gasteiger partial charge < -0.3 is 19.5 Å². The zero-order chi connectivity index (χ0) is 21.5. The van der Waals surface area contributed by atoms with Crippen LogP contribution in [-0.2, 0) is 11.3 Å². The summed E-state index contributed by atoms with van der Waals surface area (Å²) < 4.78 is 15.8. The lowest BCUT2D eigenvalue weighted by atomic mass is 10.2. The Labute approximate surface area is 180 Å². The molecule has 2 aromatic carbocycles. The molecule has 158 valence electrons. The molecule has 0 aliphatic rings. The Hall–Kier alpha value is -3.10. The maximum Gasteiger partial charge on any atom is 0.240 e. The minimum atomic E-state index is -0.117. The number of benzene rings is 2. The lowest BCUT2D eigenvalue weighted by Crippen LogP contribution is -2.29. The van der Waals surface area contributed by atoms with Gasteiger partial charge >= 0.3 is 0 Å². The van der Waals surface area contributed by atoms with Crippen molar-refractivity contribution in [2.45, 2.75) is 6.54 Å². The second-order valence-corrected chi connectivity index (χ2v) is 7.53. The Morgan fingerprint density at radius 2 is 1.77 bits per heavy atom. The molecule has 0 saturated carbocycles. The van der Waals surface area contributed by atoms with E-state index in [4.69, 9.17) is 14.2 Å². The standard InChI is InChI=1S/C22H25N3O4S/c1-25(12-15-5-10-19(28-3)20(11-15)29-4)13-21(26)24-22-23-18(14-30-22)16-6-8-17(27-2)9-7-16/h5-11,14H,12-13H2,1-4H3,(H,23,24,26). The number of hydrogen-bond acceptors (Lipinski definition) is 7. The SMILES string of the molecule is COc1ccc(-c2csc(NC(=O)CN(C)Cc3ccc(OC)c(OC)c3)n2)cc1. The molecular formula is C22H25N3O4S. The third-order valence-corrected chi connectivity index (χ3v) is 5.21. The van der Waals surface area contributed by atoms with Crippen molar-refractivity contribution in [3.63, 3.8) is 0 Å². The topological polar surface area (TPSA) is 72.9 Å². The van der Waals surface area contributed by atoms with Crippen LogP contribution in [0.4, 0.5) is 5.13 Å². The summed E-state index contributed by atoms with van der Waals surface area (Å²) in [5.41, 5.74) is 2.81. The Balaban J connectivity index is 1.55. The molecule has 0 fully saturated rings. The molecule has 0 radical (unpaired) electrons. The largest absolute Gasteiger partial charge is 0.497 e. The quantitative estimate of drug-likeness (QED) is 0.558. The van der Waals surface area contributed by atoms with Crippen molar-refractivity contribution in [2.24, 2.45) is 0 Å². The van der Waals surface area contributed by atoms with E-state index in [1.807, 2.05) is 59.8 Å². The van der Waals surface area contributed by atoms with Crippen molar-refractivity contribution < 1.29 is 19.0 Å². The number of methoxy groups -OCH3 is 3. The monoisotopic (exact) mass is 427 g/mol. The van der Waals surface area contributed by atoms with Gasteiger partial charge in [-0.05, 0) is 49.0 Å². The first kappa shape index (κ1) is 21.6. The van der Waals surface area contributed by atoms with Gasteiger partial charge in [-0.15, -0.1) is 11.3 Å². The van der Waals surface area contributed by atoms with Crippen LogP contribution in [0, 0.1) is 0 Å². The molecule has 3 aromatic rings. The minimum absolute atomic E-state index is 0.117. The van der Waals surface area contributed by atoms with Crippen LogP contribution in [0.15, 0.2) is 47.8 Å². The third-order valence-electron chi connectivity index (χ3n) is 4.45. The number of amides is 1. The summed E-state index contributed by atoms with van der Waals surface area (Å²) in [5.74, 6) is 2.02. The summed E-state index contributed by atoms with van der Waals surface area (Å²) in [7, 11) is 6.73. The molecular weight excluding hydrogens is 402 g/mol. The number of ether oxygens (including phenoxy) is 3. The first-order valence-electron chi connectivity index (χ1n) is 9.31. The fourth-order valence-corrected chi connectivity index (χ4v) is 3.71. The van der Waals surface area contributed by atoms with Gasteiger partial charge in [0.25, 0.3) is 0 Å². The highest BCUT2D eigenvalue weighted by Crippen LogP contribution is 2.28. The van der Waals surface area contributed by atoms with Gasteiger partial charge in [0, 0.05) is 17.5 Å². The van der Waals surface area contributed by atoms with Gasteiger partial charge in [0.1, 0.15) is 5.75 Å². The summed E-state index contributed by atoms with van der Waals surface area (Å²) in [6.45, 7) is 0.842. The molecule has 1 amide bonds. The summed E-state index contributed by atoms with van der Waals surface area (Å²) in [6, 6.07) is 13.4. The molecule has 0 aliphatic heterocycles. The van der Waals surface area contributed by atoms with Gasteiger partial charge in [0.05, 0.1) is 33.6 Å². The number of carbonyl (C=O) groups is 1. The maximum atomic E-state index is 12.4. The summed E-state index contributed by atoms with van der Waals surface area (Å²) >= 11 is 1.40. The van der Waals surface area contributed by atoms with Gasteiger partial charge in [-0.2, -0.15) is 0 Å². The number of rotatable bonds is 9. The van der Waals surface area contributed by atoms with Crippen molar-refractivity contribution in [2.75, 3.05) is 40.2 Å². The van der Waals surface area contributed by atoms with E-state index < -0.39 is 0 Å². The number of nitrogens with one attached hydrogen (secondary N) is 1. The molecule has 7 nitrogen and oxygen atoms in total. The first-order valence-corrected chi connectivity index (χ1v) is 10.2. The number of hydrogen-bond donors (Lipinski definition) is 1. The number of thiazole rings is 1. The van der Waals surface area contributed by atoms with E-state index in [0.29, 0.717) is 23.2 Å². The lowest BCUT2D eigenvalue weighted by Gasteiger charge is -2.17. The van der Waals surface area contributed by atoms with E-state index in [-0.39, 0.29) is 12.5 Å². The maximum absolute atomic E-state index is 12.4. The van der Waals surface area contributed by atoms with E-state index in [2.05, 4.69) is 10.3 Å². The van der Waals surface area contributed by atoms with E-state index in [0.717, 1.165) is 22.6 Å². The molecule has 1 aromatic heterocycles. The average molecular weight is 428 g/mol. The molecule has 1 N–H and O–H groups in total. The van der Waals surface area contributed by atoms with E-state index >= 15 is 0 Å². The minimum Gasteiger partial charge on any atom is -0.497 e. The Bertz CT molecular complexity index is 988. The lowest BCUT2D eigenvalue weighted by molar-refractivity contribution is -0.117. The number of anilines is 1. The molecule has 0 saturated heterocycles. The third kappa shape index (κ3) is 5.49. The molecule has 0 atom stereocenters. The summed E-state index contributed by atoms with van der Waals surface area (Å²) in [6.07, 6.45) is 0. The fraction of sp³-hybridized carbons (Fsp3) is 0.273. The number of aromatic nitrogens is 1. The van der Waals surface area contributed by atoms with Crippen LogP contribution >= 0.6 is 11.3 Å². The van der Waals surface area contributed by atoms with Gasteiger partial charge in [0.2, 0.25) is 5.91 Å². The number of likely N-dealkylation sites (N-methyl/N-ethyl adjacent to an activating group) is 1. The normalized spacial score (nSPS) is 10.7. The molecule has 3 rings (SSSR count). The smallest absolute Gasteiger partial charge is 0.240 e. The molecule has 1 heterocycles. The van der Waals surface area contributed by atoms with Gasteiger partial charge in [-0.3, -0.25) is 9.69 Å². The van der Waals surface area contributed by atoms with Crippen molar-refractivity contribution in [1.29, 1.82) is 0 Å². The van der Waals surface area contributed by atoms with Crippen LogP contribution in [0.5, 0.6) is 17.2 Å². The van der Waals surface area contributed by atoms with Crippen molar-refractivity contribution >= 4 is 22.4 Å². The van der Waals surface area contributed by atoms with E-state index in [1.54, 1.807) is 21.3 Å². The van der Waals surface area contributed by atoms with Crippen LogP contribution in [-0.4, -0.2) is 50.7 Å². The van der Waals surface area contributed by atoms with Gasteiger partial charge in [-0.1, -0.05) is 6.07 Å². The predicted octanol–water partition coefficient (Wildman–Crippen LogP) is 3.91. The molecule has 30 heavy (non-hydrogen) atoms. The first-order chi connectivity index (χ1) is 14.5. The van der Waals surface area contributed by atoms with Crippen LogP contribution in [0.25, 0.3) is 11.3 Å². The summed E-state index contributed by atoms with van der Waals surface area (Å²) in [4.78, 5) is 18.8.